The van der Waals surface area contributed by atoms with Crippen molar-refractivity contribution in [1.82, 2.24) is 20.1 Å². The van der Waals surface area contributed by atoms with Gasteiger partial charge in [0.2, 0.25) is 5.91 Å². The summed E-state index contributed by atoms with van der Waals surface area (Å²) >= 11 is 0. The fraction of sp³-hybridized carbons (Fsp3) is 0.400. The van der Waals surface area contributed by atoms with Crippen molar-refractivity contribution < 1.29 is 9.72 Å². The van der Waals surface area contributed by atoms with Crippen LogP contribution in [0.2, 0.25) is 0 Å². The summed E-state index contributed by atoms with van der Waals surface area (Å²) < 4.78 is 0. The fourth-order valence-corrected chi connectivity index (χ4v) is 3.19. The third-order valence-electron chi connectivity index (χ3n) is 4.87. The van der Waals surface area contributed by atoms with E-state index in [9.17, 15) is 14.9 Å². The first-order chi connectivity index (χ1) is 13.6. The SMILES string of the molecule is O=C(CCN1CCN(Cc2ccc([N+](=O)[O-])cc2)CC1)NCc1ccccn1. The maximum Gasteiger partial charge on any atom is 0.269 e. The average Bonchev–Trinajstić information content (AvgIpc) is 2.73. The van der Waals surface area contributed by atoms with Gasteiger partial charge in [-0.1, -0.05) is 18.2 Å². The lowest BCUT2D eigenvalue weighted by Gasteiger charge is -2.34. The van der Waals surface area contributed by atoms with Crippen LogP contribution in [0.1, 0.15) is 17.7 Å². The first-order valence-electron chi connectivity index (χ1n) is 9.45. The third-order valence-corrected chi connectivity index (χ3v) is 4.87. The number of piperazine rings is 1. The van der Waals surface area contributed by atoms with E-state index in [4.69, 9.17) is 0 Å². The second-order valence-corrected chi connectivity index (χ2v) is 6.89. The largest absolute Gasteiger partial charge is 0.350 e. The second kappa shape index (κ2) is 9.91. The van der Waals surface area contributed by atoms with Crippen LogP contribution in [-0.4, -0.2) is 58.3 Å². The highest BCUT2D eigenvalue weighted by Gasteiger charge is 2.18. The van der Waals surface area contributed by atoms with Crippen LogP contribution in [0.5, 0.6) is 0 Å². The minimum atomic E-state index is -0.380. The number of nitro groups is 1. The minimum absolute atomic E-state index is 0.0407. The van der Waals surface area contributed by atoms with Gasteiger partial charge in [0.05, 0.1) is 17.2 Å². The van der Waals surface area contributed by atoms with Crippen LogP contribution < -0.4 is 5.32 Å². The number of aromatic nitrogens is 1. The van der Waals surface area contributed by atoms with Crippen LogP contribution >= 0.6 is 0 Å². The molecule has 2 heterocycles. The number of pyridine rings is 1. The second-order valence-electron chi connectivity index (χ2n) is 6.89. The van der Waals surface area contributed by atoms with E-state index in [0.29, 0.717) is 13.0 Å². The smallest absolute Gasteiger partial charge is 0.269 e. The number of hydrogen-bond acceptors (Lipinski definition) is 6. The summed E-state index contributed by atoms with van der Waals surface area (Å²) in [6.45, 7) is 5.68. The van der Waals surface area contributed by atoms with Gasteiger partial charge in [-0.15, -0.1) is 0 Å². The number of benzene rings is 1. The Hall–Kier alpha value is -2.84. The van der Waals surface area contributed by atoms with E-state index in [1.54, 1.807) is 18.3 Å². The molecule has 0 unspecified atom stereocenters. The molecule has 148 valence electrons. The number of nitro benzene ring substituents is 1. The van der Waals surface area contributed by atoms with Crippen LogP contribution in [0.25, 0.3) is 0 Å². The van der Waals surface area contributed by atoms with E-state index in [1.807, 2.05) is 30.3 Å². The molecule has 3 rings (SSSR count). The number of rotatable bonds is 8. The van der Waals surface area contributed by atoms with Gasteiger partial charge in [0.1, 0.15) is 0 Å². The van der Waals surface area contributed by atoms with Crippen LogP contribution in [0.3, 0.4) is 0 Å². The fourth-order valence-electron chi connectivity index (χ4n) is 3.19. The molecule has 8 heteroatoms. The summed E-state index contributed by atoms with van der Waals surface area (Å²) in [6.07, 6.45) is 2.20. The summed E-state index contributed by atoms with van der Waals surface area (Å²) in [7, 11) is 0. The molecule has 0 radical (unpaired) electrons. The lowest BCUT2D eigenvalue weighted by atomic mass is 10.2. The molecule has 0 spiro atoms. The minimum Gasteiger partial charge on any atom is -0.350 e. The third kappa shape index (κ3) is 6.11. The van der Waals surface area contributed by atoms with Crippen LogP contribution in [0.4, 0.5) is 5.69 Å². The summed E-state index contributed by atoms with van der Waals surface area (Å²) in [6, 6.07) is 12.4. The molecular weight excluding hydrogens is 358 g/mol. The quantitative estimate of drug-likeness (QED) is 0.552. The molecule has 1 saturated heterocycles. The van der Waals surface area contributed by atoms with Crippen molar-refractivity contribution in [3.05, 3.63) is 70.0 Å². The molecule has 1 aliphatic rings. The number of non-ortho nitro benzene ring substituents is 1. The predicted molar refractivity (Wildman–Crippen MR) is 106 cm³/mol. The van der Waals surface area contributed by atoms with Crippen molar-refractivity contribution in [2.75, 3.05) is 32.7 Å². The van der Waals surface area contributed by atoms with E-state index in [-0.39, 0.29) is 16.5 Å². The molecule has 0 saturated carbocycles. The van der Waals surface area contributed by atoms with Gasteiger partial charge in [-0.2, -0.15) is 0 Å². The van der Waals surface area contributed by atoms with Crippen molar-refractivity contribution in [2.45, 2.75) is 19.5 Å². The Labute approximate surface area is 164 Å². The van der Waals surface area contributed by atoms with Gasteiger partial charge in [-0.25, -0.2) is 0 Å². The molecule has 0 bridgehead atoms. The summed E-state index contributed by atoms with van der Waals surface area (Å²) in [4.78, 5) is 31.2. The Morgan fingerprint density at radius 1 is 1.07 bits per heavy atom. The molecular formula is C20H25N5O3. The molecule has 1 aromatic carbocycles. The van der Waals surface area contributed by atoms with Gasteiger partial charge in [-0.3, -0.25) is 24.8 Å². The molecule has 1 aromatic heterocycles. The number of nitrogens with zero attached hydrogens (tertiary/aromatic N) is 4. The van der Waals surface area contributed by atoms with Crippen molar-refractivity contribution in [1.29, 1.82) is 0 Å². The highest BCUT2D eigenvalue weighted by molar-refractivity contribution is 5.76. The molecule has 0 atom stereocenters. The zero-order valence-electron chi connectivity index (χ0n) is 15.8. The molecule has 1 amide bonds. The van der Waals surface area contributed by atoms with Crippen LogP contribution in [0.15, 0.2) is 48.7 Å². The zero-order valence-corrected chi connectivity index (χ0v) is 15.8. The molecule has 0 aliphatic carbocycles. The monoisotopic (exact) mass is 383 g/mol. The van der Waals surface area contributed by atoms with Crippen molar-refractivity contribution in [3.8, 4) is 0 Å². The van der Waals surface area contributed by atoms with E-state index >= 15 is 0 Å². The van der Waals surface area contributed by atoms with Gasteiger partial charge in [0.15, 0.2) is 0 Å². The standard InChI is InChI=1S/C20H25N5O3/c26-20(22-15-18-3-1-2-9-21-18)8-10-23-11-13-24(14-12-23)16-17-4-6-19(7-5-17)25(27)28/h1-7,9H,8,10-16H2,(H,22,26). The van der Waals surface area contributed by atoms with Crippen molar-refractivity contribution in [2.24, 2.45) is 0 Å². The summed E-state index contributed by atoms with van der Waals surface area (Å²) in [5.41, 5.74) is 2.05. The van der Waals surface area contributed by atoms with Gasteiger partial charge in [0.25, 0.3) is 5.69 Å². The molecule has 2 aromatic rings. The number of carbonyl (C=O) groups excluding carboxylic acids is 1. The van der Waals surface area contributed by atoms with Gasteiger partial charge in [0, 0.05) is 64.0 Å². The van der Waals surface area contributed by atoms with E-state index in [1.165, 1.54) is 0 Å². The van der Waals surface area contributed by atoms with Crippen LogP contribution in [0, 0.1) is 10.1 Å². The molecule has 1 fully saturated rings. The number of amides is 1. The molecule has 8 nitrogen and oxygen atoms in total. The topological polar surface area (TPSA) is 91.6 Å². The maximum atomic E-state index is 12.0. The zero-order chi connectivity index (χ0) is 19.8. The average molecular weight is 383 g/mol. The Morgan fingerprint density at radius 3 is 2.43 bits per heavy atom. The predicted octanol–water partition coefficient (Wildman–Crippen LogP) is 1.81. The van der Waals surface area contributed by atoms with E-state index in [0.717, 1.165) is 50.5 Å². The highest BCUT2D eigenvalue weighted by Crippen LogP contribution is 2.14. The maximum absolute atomic E-state index is 12.0. The number of hydrogen-bond donors (Lipinski definition) is 1. The molecule has 1 aliphatic heterocycles. The van der Waals surface area contributed by atoms with Crippen molar-refractivity contribution in [3.63, 3.8) is 0 Å². The van der Waals surface area contributed by atoms with Gasteiger partial charge in [-0.05, 0) is 17.7 Å². The first-order valence-corrected chi connectivity index (χ1v) is 9.45. The van der Waals surface area contributed by atoms with E-state index in [2.05, 4.69) is 20.1 Å². The molecule has 28 heavy (non-hydrogen) atoms. The Bertz CT molecular complexity index is 774. The lowest BCUT2D eigenvalue weighted by molar-refractivity contribution is -0.384. The Morgan fingerprint density at radius 2 is 1.79 bits per heavy atom. The van der Waals surface area contributed by atoms with Crippen LogP contribution in [-0.2, 0) is 17.9 Å². The Kier molecular flexibility index (Phi) is 7.05. The number of carbonyl (C=O) groups is 1. The Balaban J connectivity index is 1.33. The van der Waals surface area contributed by atoms with E-state index < -0.39 is 0 Å². The van der Waals surface area contributed by atoms with Gasteiger partial charge < -0.3 is 10.2 Å². The normalized spacial score (nSPS) is 15.3. The highest BCUT2D eigenvalue weighted by atomic mass is 16.6. The molecule has 1 N–H and O–H groups in total. The van der Waals surface area contributed by atoms with Gasteiger partial charge >= 0.3 is 0 Å². The van der Waals surface area contributed by atoms with Crippen molar-refractivity contribution >= 4 is 11.6 Å². The first kappa shape index (κ1) is 19.9. The summed E-state index contributed by atoms with van der Waals surface area (Å²) in [5.74, 6) is 0.0407. The lowest BCUT2D eigenvalue weighted by Crippen LogP contribution is -2.46. The summed E-state index contributed by atoms with van der Waals surface area (Å²) in [5, 5.41) is 13.6. The number of nitrogens with one attached hydrogen (secondary N) is 1.